The Balaban J connectivity index is 1.85. The molecule has 2 unspecified atom stereocenters. The smallest absolute Gasteiger partial charge is 0.0220 e. The summed E-state index contributed by atoms with van der Waals surface area (Å²) in [5.41, 5.74) is 1.36. The van der Waals surface area contributed by atoms with E-state index >= 15 is 0 Å². The number of rotatable bonds is 4. The number of hydrogen-bond acceptors (Lipinski definition) is 1. The lowest BCUT2D eigenvalue weighted by Crippen LogP contribution is -2.35. The highest BCUT2D eigenvalue weighted by atomic mass is 79.9. The van der Waals surface area contributed by atoms with Crippen LogP contribution in [0.25, 0.3) is 0 Å². The van der Waals surface area contributed by atoms with Gasteiger partial charge in [-0.2, -0.15) is 0 Å². The Labute approximate surface area is 119 Å². The SMILES string of the molecule is CC(C)C1CCCC(NCc2ccccc2Br)C1. The average Bonchev–Trinajstić information content (AvgIpc) is 2.38. The lowest BCUT2D eigenvalue weighted by atomic mass is 9.79. The maximum atomic E-state index is 3.73. The maximum absolute atomic E-state index is 3.73. The summed E-state index contributed by atoms with van der Waals surface area (Å²) in [6, 6.07) is 9.20. The molecule has 2 rings (SSSR count). The summed E-state index contributed by atoms with van der Waals surface area (Å²) >= 11 is 3.62. The van der Waals surface area contributed by atoms with E-state index in [0.717, 1.165) is 18.4 Å². The molecule has 1 N–H and O–H groups in total. The molecule has 1 aliphatic rings. The fraction of sp³-hybridized carbons (Fsp3) is 0.625. The van der Waals surface area contributed by atoms with Crippen LogP contribution in [0.3, 0.4) is 0 Å². The van der Waals surface area contributed by atoms with Gasteiger partial charge in [-0.25, -0.2) is 0 Å². The molecule has 0 bridgehead atoms. The van der Waals surface area contributed by atoms with Gasteiger partial charge in [0.15, 0.2) is 0 Å². The van der Waals surface area contributed by atoms with Crippen LogP contribution in [-0.2, 0) is 6.54 Å². The van der Waals surface area contributed by atoms with Crippen molar-refractivity contribution in [1.82, 2.24) is 5.32 Å². The monoisotopic (exact) mass is 309 g/mol. The summed E-state index contributed by atoms with van der Waals surface area (Å²) < 4.78 is 1.22. The van der Waals surface area contributed by atoms with E-state index < -0.39 is 0 Å². The van der Waals surface area contributed by atoms with Crippen LogP contribution in [0.4, 0.5) is 0 Å². The third-order valence-electron chi connectivity index (χ3n) is 4.20. The van der Waals surface area contributed by atoms with Crippen LogP contribution in [0.5, 0.6) is 0 Å². The Bertz CT molecular complexity index is 375. The molecule has 1 saturated carbocycles. The van der Waals surface area contributed by atoms with Crippen LogP contribution in [0.1, 0.15) is 45.1 Å². The van der Waals surface area contributed by atoms with Crippen LogP contribution in [0.15, 0.2) is 28.7 Å². The number of nitrogens with one attached hydrogen (secondary N) is 1. The van der Waals surface area contributed by atoms with Gasteiger partial charge in [0.05, 0.1) is 0 Å². The van der Waals surface area contributed by atoms with Gasteiger partial charge in [0, 0.05) is 17.1 Å². The first-order chi connectivity index (χ1) is 8.66. The van der Waals surface area contributed by atoms with E-state index in [0.29, 0.717) is 6.04 Å². The summed E-state index contributed by atoms with van der Waals surface area (Å²) in [7, 11) is 0. The summed E-state index contributed by atoms with van der Waals surface area (Å²) in [5.74, 6) is 1.74. The van der Waals surface area contributed by atoms with Crippen molar-refractivity contribution in [2.45, 2.75) is 52.1 Å². The molecule has 0 heterocycles. The second-order valence-corrected chi connectivity index (χ2v) is 6.69. The molecule has 1 nitrogen and oxygen atoms in total. The molecule has 0 amide bonds. The molecule has 0 spiro atoms. The molecule has 0 aromatic heterocycles. The predicted octanol–water partition coefficient (Wildman–Crippen LogP) is 4.75. The number of benzene rings is 1. The van der Waals surface area contributed by atoms with Crippen molar-refractivity contribution >= 4 is 15.9 Å². The largest absolute Gasteiger partial charge is 0.310 e. The van der Waals surface area contributed by atoms with Gasteiger partial charge in [-0.05, 0) is 36.3 Å². The molecule has 0 radical (unpaired) electrons. The van der Waals surface area contributed by atoms with Crippen molar-refractivity contribution in [3.05, 3.63) is 34.3 Å². The molecule has 1 fully saturated rings. The molecule has 2 atom stereocenters. The molecule has 2 heteroatoms. The molecule has 0 saturated heterocycles. The predicted molar refractivity (Wildman–Crippen MR) is 81.6 cm³/mol. The quantitative estimate of drug-likeness (QED) is 0.846. The lowest BCUT2D eigenvalue weighted by molar-refractivity contribution is 0.231. The standard InChI is InChI=1S/C16H24BrN/c1-12(2)13-7-5-8-15(10-13)18-11-14-6-3-4-9-16(14)17/h3-4,6,9,12-13,15,18H,5,7-8,10-11H2,1-2H3. The van der Waals surface area contributed by atoms with E-state index in [4.69, 9.17) is 0 Å². The summed E-state index contributed by atoms with van der Waals surface area (Å²) in [5, 5.41) is 3.73. The summed E-state index contributed by atoms with van der Waals surface area (Å²) in [4.78, 5) is 0. The molecular formula is C16H24BrN. The Morgan fingerprint density at radius 3 is 2.78 bits per heavy atom. The second-order valence-electron chi connectivity index (χ2n) is 5.84. The minimum Gasteiger partial charge on any atom is -0.310 e. The average molecular weight is 310 g/mol. The van der Waals surface area contributed by atoms with Crippen molar-refractivity contribution in [2.75, 3.05) is 0 Å². The highest BCUT2D eigenvalue weighted by Crippen LogP contribution is 2.30. The summed E-state index contributed by atoms with van der Waals surface area (Å²) in [6.45, 7) is 5.71. The van der Waals surface area contributed by atoms with Crippen LogP contribution in [-0.4, -0.2) is 6.04 Å². The van der Waals surface area contributed by atoms with E-state index in [9.17, 15) is 0 Å². The van der Waals surface area contributed by atoms with Crippen molar-refractivity contribution < 1.29 is 0 Å². The van der Waals surface area contributed by atoms with Crippen molar-refractivity contribution in [2.24, 2.45) is 11.8 Å². The second kappa shape index (κ2) is 6.72. The highest BCUT2D eigenvalue weighted by Gasteiger charge is 2.23. The van der Waals surface area contributed by atoms with Gasteiger partial charge in [0.2, 0.25) is 0 Å². The molecule has 1 aromatic rings. The van der Waals surface area contributed by atoms with Crippen LogP contribution < -0.4 is 5.32 Å². The van der Waals surface area contributed by atoms with Crippen LogP contribution in [0.2, 0.25) is 0 Å². The zero-order valence-corrected chi connectivity index (χ0v) is 13.0. The third-order valence-corrected chi connectivity index (χ3v) is 4.97. The van der Waals surface area contributed by atoms with Gasteiger partial charge in [0.25, 0.3) is 0 Å². The zero-order chi connectivity index (χ0) is 13.0. The van der Waals surface area contributed by atoms with E-state index in [2.05, 4.69) is 59.4 Å². The van der Waals surface area contributed by atoms with Crippen LogP contribution >= 0.6 is 15.9 Å². The maximum Gasteiger partial charge on any atom is 0.0220 e. The Morgan fingerprint density at radius 2 is 2.06 bits per heavy atom. The van der Waals surface area contributed by atoms with Gasteiger partial charge >= 0.3 is 0 Å². The first-order valence-corrected chi connectivity index (χ1v) is 7.93. The normalized spacial score (nSPS) is 24.4. The Kier molecular flexibility index (Phi) is 5.25. The zero-order valence-electron chi connectivity index (χ0n) is 11.5. The van der Waals surface area contributed by atoms with E-state index in [1.165, 1.54) is 35.7 Å². The first-order valence-electron chi connectivity index (χ1n) is 7.13. The molecule has 18 heavy (non-hydrogen) atoms. The van der Waals surface area contributed by atoms with Crippen LogP contribution in [0, 0.1) is 11.8 Å². The minimum atomic E-state index is 0.707. The number of hydrogen-bond donors (Lipinski definition) is 1. The molecule has 100 valence electrons. The van der Waals surface area contributed by atoms with Crippen molar-refractivity contribution in [1.29, 1.82) is 0 Å². The third kappa shape index (κ3) is 3.83. The number of halogens is 1. The Morgan fingerprint density at radius 1 is 1.28 bits per heavy atom. The fourth-order valence-electron chi connectivity index (χ4n) is 2.91. The highest BCUT2D eigenvalue weighted by molar-refractivity contribution is 9.10. The van der Waals surface area contributed by atoms with E-state index in [-0.39, 0.29) is 0 Å². The fourth-order valence-corrected chi connectivity index (χ4v) is 3.34. The van der Waals surface area contributed by atoms with Crippen molar-refractivity contribution in [3.8, 4) is 0 Å². The lowest BCUT2D eigenvalue weighted by Gasteiger charge is -2.32. The van der Waals surface area contributed by atoms with Gasteiger partial charge in [-0.15, -0.1) is 0 Å². The Hall–Kier alpha value is -0.340. The minimum absolute atomic E-state index is 0.707. The van der Waals surface area contributed by atoms with Gasteiger partial charge < -0.3 is 5.32 Å². The molecule has 1 aromatic carbocycles. The van der Waals surface area contributed by atoms with Crippen molar-refractivity contribution in [3.63, 3.8) is 0 Å². The van der Waals surface area contributed by atoms with E-state index in [1.807, 2.05) is 0 Å². The van der Waals surface area contributed by atoms with E-state index in [1.54, 1.807) is 0 Å². The van der Waals surface area contributed by atoms with Gasteiger partial charge in [-0.3, -0.25) is 0 Å². The van der Waals surface area contributed by atoms with Gasteiger partial charge in [-0.1, -0.05) is 60.8 Å². The summed E-state index contributed by atoms with van der Waals surface area (Å²) in [6.07, 6.45) is 5.50. The first kappa shape index (κ1) is 14.1. The topological polar surface area (TPSA) is 12.0 Å². The molecular weight excluding hydrogens is 286 g/mol. The molecule has 0 aliphatic heterocycles. The van der Waals surface area contributed by atoms with Gasteiger partial charge in [0.1, 0.15) is 0 Å². The molecule has 1 aliphatic carbocycles.